The number of guanidine groups is 1. The molecule has 1 atom stereocenters. The fourth-order valence-corrected chi connectivity index (χ4v) is 3.36. The Bertz CT molecular complexity index is 550. The molecular weight excluding hydrogens is 463 g/mol. The third kappa shape index (κ3) is 7.58. The monoisotopic (exact) mass is 494 g/mol. The van der Waals surface area contributed by atoms with Crippen molar-refractivity contribution in [1.82, 2.24) is 15.5 Å². The second-order valence-electron chi connectivity index (χ2n) is 6.68. The number of nitrogens with zero attached hydrogens (tertiary/aromatic N) is 2. The standard InChI is InChI=1S/C19H31ClN4O.HI/c1-15(2)18(24-10-12-25-13-11-24)14-23-19(21-3)22-9-8-16-6-4-5-7-17(16)20;/h4-7,15,18H,8-14H2,1-3H3,(H2,21,22,23);1H. The quantitative estimate of drug-likeness (QED) is 0.348. The molecule has 1 aliphatic rings. The lowest BCUT2D eigenvalue weighted by atomic mass is 10.0. The van der Waals surface area contributed by atoms with Crippen LogP contribution in [0.2, 0.25) is 5.02 Å². The topological polar surface area (TPSA) is 48.9 Å². The van der Waals surface area contributed by atoms with E-state index < -0.39 is 0 Å². The van der Waals surface area contributed by atoms with Crippen LogP contribution in [0.15, 0.2) is 29.3 Å². The molecule has 1 aromatic rings. The highest BCUT2D eigenvalue weighted by atomic mass is 127. The van der Waals surface area contributed by atoms with Crippen LogP contribution in [0.5, 0.6) is 0 Å². The molecule has 1 aliphatic heterocycles. The second-order valence-corrected chi connectivity index (χ2v) is 7.09. The van der Waals surface area contributed by atoms with Crippen LogP contribution in [0.1, 0.15) is 19.4 Å². The van der Waals surface area contributed by atoms with E-state index in [0.717, 1.165) is 62.4 Å². The first kappa shape index (κ1) is 23.5. The molecule has 2 N–H and O–H groups in total. The van der Waals surface area contributed by atoms with Crippen LogP contribution in [0.4, 0.5) is 0 Å². The molecule has 7 heteroatoms. The van der Waals surface area contributed by atoms with Crippen LogP contribution >= 0.6 is 35.6 Å². The largest absolute Gasteiger partial charge is 0.379 e. The fourth-order valence-electron chi connectivity index (χ4n) is 3.13. The second kappa shape index (κ2) is 12.8. The SMILES string of the molecule is CN=C(NCCc1ccccc1Cl)NCC(C(C)C)N1CCOCC1.I. The molecule has 0 amide bonds. The minimum absolute atomic E-state index is 0. The zero-order valence-electron chi connectivity index (χ0n) is 16.0. The van der Waals surface area contributed by atoms with Crippen molar-refractivity contribution in [2.24, 2.45) is 10.9 Å². The first-order valence-corrected chi connectivity index (χ1v) is 9.49. The Hall–Kier alpha value is -0.570. The molecule has 2 rings (SSSR count). The van der Waals surface area contributed by atoms with E-state index in [1.54, 1.807) is 0 Å². The molecular formula is C19H32ClIN4O. The van der Waals surface area contributed by atoms with E-state index in [1.165, 1.54) is 0 Å². The smallest absolute Gasteiger partial charge is 0.191 e. The first-order valence-electron chi connectivity index (χ1n) is 9.11. The average Bonchev–Trinajstić information content (AvgIpc) is 2.62. The highest BCUT2D eigenvalue weighted by molar-refractivity contribution is 14.0. The summed E-state index contributed by atoms with van der Waals surface area (Å²) in [7, 11) is 1.81. The van der Waals surface area contributed by atoms with Gasteiger partial charge in [0, 0.05) is 44.3 Å². The van der Waals surface area contributed by atoms with Gasteiger partial charge in [0.1, 0.15) is 0 Å². The Kier molecular flexibility index (Phi) is 11.5. The van der Waals surface area contributed by atoms with Crippen LogP contribution in [0.25, 0.3) is 0 Å². The highest BCUT2D eigenvalue weighted by Gasteiger charge is 2.23. The van der Waals surface area contributed by atoms with Gasteiger partial charge in [0.25, 0.3) is 0 Å². The maximum absolute atomic E-state index is 6.21. The Labute approximate surface area is 179 Å². The average molecular weight is 495 g/mol. The summed E-state index contributed by atoms with van der Waals surface area (Å²) in [6, 6.07) is 8.44. The Balaban J connectivity index is 0.00000338. The lowest BCUT2D eigenvalue weighted by Gasteiger charge is -2.37. The number of halogens is 2. The van der Waals surface area contributed by atoms with E-state index in [1.807, 2.05) is 25.2 Å². The van der Waals surface area contributed by atoms with Gasteiger partial charge in [-0.05, 0) is 24.0 Å². The van der Waals surface area contributed by atoms with Crippen LogP contribution in [-0.4, -0.2) is 63.3 Å². The molecule has 1 fully saturated rings. The van der Waals surface area contributed by atoms with Crippen LogP contribution in [0, 0.1) is 5.92 Å². The van der Waals surface area contributed by atoms with Crippen LogP contribution < -0.4 is 10.6 Å². The summed E-state index contributed by atoms with van der Waals surface area (Å²) in [5, 5.41) is 7.67. The van der Waals surface area contributed by atoms with Crippen molar-refractivity contribution in [3.8, 4) is 0 Å². The van der Waals surface area contributed by atoms with Crippen molar-refractivity contribution in [3.63, 3.8) is 0 Å². The number of benzene rings is 1. The van der Waals surface area contributed by atoms with Crippen molar-refractivity contribution >= 4 is 41.5 Å². The van der Waals surface area contributed by atoms with Crippen molar-refractivity contribution in [2.45, 2.75) is 26.3 Å². The van der Waals surface area contributed by atoms with Crippen LogP contribution in [0.3, 0.4) is 0 Å². The van der Waals surface area contributed by atoms with E-state index in [9.17, 15) is 0 Å². The molecule has 0 radical (unpaired) electrons. The number of nitrogens with one attached hydrogen (secondary N) is 2. The van der Waals surface area contributed by atoms with Gasteiger partial charge in [0.2, 0.25) is 0 Å². The lowest BCUT2D eigenvalue weighted by Crippen LogP contribution is -2.52. The number of morpholine rings is 1. The van der Waals surface area contributed by atoms with Gasteiger partial charge in [-0.15, -0.1) is 24.0 Å². The number of ether oxygens (including phenoxy) is 1. The molecule has 0 bridgehead atoms. The summed E-state index contributed by atoms with van der Waals surface area (Å²) in [5.41, 5.74) is 1.15. The molecule has 1 aromatic carbocycles. The molecule has 5 nitrogen and oxygen atoms in total. The zero-order chi connectivity index (χ0) is 18.1. The number of hydrogen-bond donors (Lipinski definition) is 2. The predicted molar refractivity (Wildman–Crippen MR) is 121 cm³/mol. The zero-order valence-corrected chi connectivity index (χ0v) is 19.1. The van der Waals surface area contributed by atoms with Crippen molar-refractivity contribution < 1.29 is 4.74 Å². The van der Waals surface area contributed by atoms with Gasteiger partial charge in [0.05, 0.1) is 13.2 Å². The normalized spacial score (nSPS) is 16.9. The van der Waals surface area contributed by atoms with E-state index >= 15 is 0 Å². The number of hydrogen-bond acceptors (Lipinski definition) is 3. The lowest BCUT2D eigenvalue weighted by molar-refractivity contribution is 0.00752. The summed E-state index contributed by atoms with van der Waals surface area (Å²) < 4.78 is 5.47. The van der Waals surface area contributed by atoms with Gasteiger partial charge in [0.15, 0.2) is 5.96 Å². The van der Waals surface area contributed by atoms with Crippen molar-refractivity contribution in [2.75, 3.05) is 46.4 Å². The van der Waals surface area contributed by atoms with Crippen molar-refractivity contribution in [3.05, 3.63) is 34.9 Å². The summed E-state index contributed by atoms with van der Waals surface area (Å²) in [6.45, 7) is 9.88. The molecule has 0 saturated carbocycles. The third-order valence-electron chi connectivity index (χ3n) is 4.63. The molecule has 0 spiro atoms. The van der Waals surface area contributed by atoms with Gasteiger partial charge < -0.3 is 15.4 Å². The molecule has 0 aliphatic carbocycles. The fraction of sp³-hybridized carbons (Fsp3) is 0.632. The third-order valence-corrected chi connectivity index (χ3v) is 5.00. The Morgan fingerprint density at radius 2 is 1.92 bits per heavy atom. The van der Waals surface area contributed by atoms with E-state index in [0.29, 0.717) is 12.0 Å². The number of aliphatic imine (C=N–C) groups is 1. The van der Waals surface area contributed by atoms with Gasteiger partial charge >= 0.3 is 0 Å². The van der Waals surface area contributed by atoms with Gasteiger partial charge in [-0.1, -0.05) is 43.6 Å². The van der Waals surface area contributed by atoms with Gasteiger partial charge in [-0.25, -0.2) is 0 Å². The molecule has 0 aromatic heterocycles. The highest BCUT2D eigenvalue weighted by Crippen LogP contribution is 2.15. The van der Waals surface area contributed by atoms with Crippen LogP contribution in [-0.2, 0) is 11.2 Å². The van der Waals surface area contributed by atoms with E-state index in [2.05, 4.69) is 40.4 Å². The minimum Gasteiger partial charge on any atom is -0.379 e. The number of rotatable bonds is 7. The summed E-state index contributed by atoms with van der Waals surface area (Å²) in [6.07, 6.45) is 0.872. The summed E-state index contributed by atoms with van der Waals surface area (Å²) in [4.78, 5) is 6.85. The first-order chi connectivity index (χ1) is 12.1. The van der Waals surface area contributed by atoms with E-state index in [4.69, 9.17) is 16.3 Å². The molecule has 1 saturated heterocycles. The maximum Gasteiger partial charge on any atom is 0.191 e. The summed E-state index contributed by atoms with van der Waals surface area (Å²) >= 11 is 6.21. The Morgan fingerprint density at radius 3 is 2.54 bits per heavy atom. The maximum atomic E-state index is 6.21. The molecule has 148 valence electrons. The molecule has 26 heavy (non-hydrogen) atoms. The van der Waals surface area contributed by atoms with Gasteiger partial charge in [-0.2, -0.15) is 0 Å². The predicted octanol–water partition coefficient (Wildman–Crippen LogP) is 3.02. The minimum atomic E-state index is 0. The molecule has 1 heterocycles. The van der Waals surface area contributed by atoms with E-state index in [-0.39, 0.29) is 24.0 Å². The summed E-state index contributed by atoms with van der Waals surface area (Å²) in [5.74, 6) is 1.41. The van der Waals surface area contributed by atoms with Crippen molar-refractivity contribution in [1.29, 1.82) is 0 Å². The Morgan fingerprint density at radius 1 is 1.23 bits per heavy atom. The molecule has 1 unspecified atom stereocenters. The van der Waals surface area contributed by atoms with Gasteiger partial charge in [-0.3, -0.25) is 9.89 Å².